The summed E-state index contributed by atoms with van der Waals surface area (Å²) in [6.07, 6.45) is 0. The Kier molecular flexibility index (Phi) is 7.38. The van der Waals surface area contributed by atoms with Crippen molar-refractivity contribution >= 4 is 0 Å². The van der Waals surface area contributed by atoms with Gasteiger partial charge in [-0.25, -0.2) is 0 Å². The highest BCUT2D eigenvalue weighted by atomic mass is 16.3. The van der Waals surface area contributed by atoms with Gasteiger partial charge in [-0.3, -0.25) is 0 Å². The van der Waals surface area contributed by atoms with Gasteiger partial charge in [-0.05, 0) is 108 Å². The number of hydrogen-bond acceptors (Lipinski definition) is 2. The minimum atomic E-state index is -0.763. The van der Waals surface area contributed by atoms with Crippen LogP contribution in [-0.4, -0.2) is 10.2 Å². The van der Waals surface area contributed by atoms with Gasteiger partial charge < -0.3 is 10.2 Å². The lowest BCUT2D eigenvalue weighted by atomic mass is 9.62. The summed E-state index contributed by atoms with van der Waals surface area (Å²) in [7, 11) is 0. The van der Waals surface area contributed by atoms with E-state index in [1.165, 1.54) is 22.3 Å². The Morgan fingerprint density at radius 3 is 1.21 bits per heavy atom. The van der Waals surface area contributed by atoms with Crippen LogP contribution in [0.15, 0.2) is 133 Å². The maximum atomic E-state index is 11.2. The van der Waals surface area contributed by atoms with Crippen LogP contribution >= 0.6 is 0 Å². The van der Waals surface area contributed by atoms with Crippen LogP contribution in [0, 0.1) is 27.7 Å². The summed E-state index contributed by atoms with van der Waals surface area (Å²) >= 11 is 0. The lowest BCUT2D eigenvalue weighted by Crippen LogP contribution is -2.33. The second-order valence-electron chi connectivity index (χ2n) is 11.4. The van der Waals surface area contributed by atoms with Crippen LogP contribution in [0.4, 0.5) is 0 Å². The van der Waals surface area contributed by atoms with Crippen LogP contribution in [0.5, 0.6) is 11.5 Å². The fraction of sp³-hybridized carbons (Fsp3) is 0.122. The third kappa shape index (κ3) is 4.79. The van der Waals surface area contributed by atoms with E-state index in [0.29, 0.717) is 0 Å². The Morgan fingerprint density at radius 1 is 0.419 bits per heavy atom. The first-order chi connectivity index (χ1) is 20.8. The molecule has 0 atom stereocenters. The maximum Gasteiger partial charge on any atom is 0.123 e. The third-order valence-corrected chi connectivity index (χ3v) is 9.05. The molecule has 0 aliphatic heterocycles. The molecule has 212 valence electrons. The number of aromatic hydroxyl groups is 2. The molecule has 0 amide bonds. The van der Waals surface area contributed by atoms with Crippen molar-refractivity contribution in [2.24, 2.45) is 0 Å². The van der Waals surface area contributed by atoms with Gasteiger partial charge in [0.25, 0.3) is 0 Å². The normalized spacial score (nSPS) is 11.4. The van der Waals surface area contributed by atoms with Crippen molar-refractivity contribution in [2.75, 3.05) is 0 Å². The SMILES string of the molecule is Cc1cccc(C(c2ccc(O)c(-c3ccccc3)c2)(c2ccc(O)c(-c3ccccc3)c2)c2cccc(C)c2C)c1C. The van der Waals surface area contributed by atoms with Crippen molar-refractivity contribution in [3.63, 3.8) is 0 Å². The van der Waals surface area contributed by atoms with Gasteiger partial charge in [0.15, 0.2) is 0 Å². The van der Waals surface area contributed by atoms with E-state index in [9.17, 15) is 10.2 Å². The predicted octanol–water partition coefficient (Wildman–Crippen LogP) is 10.0. The molecule has 0 aliphatic carbocycles. The molecule has 0 bridgehead atoms. The maximum absolute atomic E-state index is 11.2. The second kappa shape index (κ2) is 11.3. The Hall–Kier alpha value is -5.08. The van der Waals surface area contributed by atoms with Crippen molar-refractivity contribution in [2.45, 2.75) is 33.1 Å². The quantitative estimate of drug-likeness (QED) is 0.199. The number of rotatable bonds is 6. The highest BCUT2D eigenvalue weighted by Crippen LogP contribution is 2.51. The van der Waals surface area contributed by atoms with Crippen molar-refractivity contribution < 1.29 is 10.2 Å². The molecular formula is C41H36O2. The Bertz CT molecular complexity index is 1780. The number of aryl methyl sites for hydroxylation is 2. The van der Waals surface area contributed by atoms with Crippen LogP contribution < -0.4 is 0 Å². The lowest BCUT2D eigenvalue weighted by molar-refractivity contribution is 0.476. The average molecular weight is 561 g/mol. The molecule has 2 N–H and O–H groups in total. The Labute approximate surface area is 254 Å². The molecule has 0 unspecified atom stereocenters. The van der Waals surface area contributed by atoms with Gasteiger partial charge in [-0.1, -0.05) is 109 Å². The summed E-state index contributed by atoms with van der Waals surface area (Å²) in [5.74, 6) is 0.475. The minimum absolute atomic E-state index is 0.237. The molecule has 0 saturated carbocycles. The van der Waals surface area contributed by atoms with E-state index >= 15 is 0 Å². The molecule has 6 aromatic rings. The van der Waals surface area contributed by atoms with E-state index in [1.807, 2.05) is 72.8 Å². The molecule has 0 aliphatic rings. The van der Waals surface area contributed by atoms with Gasteiger partial charge in [0.05, 0.1) is 5.41 Å². The van der Waals surface area contributed by atoms with Crippen LogP contribution in [0.1, 0.15) is 44.5 Å². The number of benzene rings is 6. The van der Waals surface area contributed by atoms with Crippen molar-refractivity contribution in [3.05, 3.63) is 178 Å². The first-order valence-electron chi connectivity index (χ1n) is 14.7. The summed E-state index contributed by atoms with van der Waals surface area (Å²) in [6, 6.07) is 45.2. The fourth-order valence-electron chi connectivity index (χ4n) is 6.48. The zero-order valence-electron chi connectivity index (χ0n) is 25.1. The molecule has 6 rings (SSSR count). The van der Waals surface area contributed by atoms with Crippen LogP contribution in [-0.2, 0) is 5.41 Å². The van der Waals surface area contributed by atoms with Crippen LogP contribution in [0.25, 0.3) is 22.3 Å². The van der Waals surface area contributed by atoms with E-state index in [4.69, 9.17) is 0 Å². The van der Waals surface area contributed by atoms with E-state index in [0.717, 1.165) is 44.5 Å². The average Bonchev–Trinajstić information content (AvgIpc) is 3.03. The summed E-state index contributed by atoms with van der Waals surface area (Å²) < 4.78 is 0. The van der Waals surface area contributed by atoms with Gasteiger partial charge in [0.2, 0.25) is 0 Å². The molecule has 43 heavy (non-hydrogen) atoms. The molecule has 0 radical (unpaired) electrons. The van der Waals surface area contributed by atoms with E-state index in [-0.39, 0.29) is 11.5 Å². The Morgan fingerprint density at radius 2 is 0.814 bits per heavy atom. The third-order valence-electron chi connectivity index (χ3n) is 9.05. The molecule has 6 aromatic carbocycles. The van der Waals surface area contributed by atoms with Crippen LogP contribution in [0.3, 0.4) is 0 Å². The fourth-order valence-corrected chi connectivity index (χ4v) is 6.48. The zero-order valence-corrected chi connectivity index (χ0v) is 25.1. The van der Waals surface area contributed by atoms with Crippen molar-refractivity contribution in [1.29, 1.82) is 0 Å². The standard InChI is InChI=1S/C41H36O2/c1-27-13-11-19-37(29(27)3)41(38-20-12-14-28(2)30(38)4,33-21-23-39(42)35(25-33)31-15-7-5-8-16-31)34-22-24-40(43)36(26-34)32-17-9-6-10-18-32/h5-26,42-43H,1-4H3. The minimum Gasteiger partial charge on any atom is -0.507 e. The second-order valence-corrected chi connectivity index (χ2v) is 11.4. The predicted molar refractivity (Wildman–Crippen MR) is 178 cm³/mol. The Balaban J connectivity index is 1.80. The smallest absolute Gasteiger partial charge is 0.123 e. The van der Waals surface area contributed by atoms with E-state index in [2.05, 4.69) is 88.4 Å². The van der Waals surface area contributed by atoms with Crippen molar-refractivity contribution in [3.8, 4) is 33.8 Å². The molecule has 0 heterocycles. The van der Waals surface area contributed by atoms with Crippen molar-refractivity contribution in [1.82, 2.24) is 0 Å². The van der Waals surface area contributed by atoms with Gasteiger partial charge in [-0.2, -0.15) is 0 Å². The molecule has 2 heteroatoms. The van der Waals surface area contributed by atoms with E-state index < -0.39 is 5.41 Å². The lowest BCUT2D eigenvalue weighted by Gasteiger charge is -2.40. The summed E-state index contributed by atoms with van der Waals surface area (Å²) in [6.45, 7) is 8.71. The van der Waals surface area contributed by atoms with Gasteiger partial charge in [0, 0.05) is 11.1 Å². The summed E-state index contributed by atoms with van der Waals surface area (Å²) in [5, 5.41) is 22.3. The first kappa shape index (κ1) is 28.1. The molecule has 0 aromatic heterocycles. The van der Waals surface area contributed by atoms with Crippen LogP contribution in [0.2, 0.25) is 0 Å². The topological polar surface area (TPSA) is 40.5 Å². The summed E-state index contributed by atoms with van der Waals surface area (Å²) in [4.78, 5) is 0. The van der Waals surface area contributed by atoms with Gasteiger partial charge in [0.1, 0.15) is 11.5 Å². The van der Waals surface area contributed by atoms with E-state index in [1.54, 1.807) is 0 Å². The molecule has 0 fully saturated rings. The molecule has 0 spiro atoms. The summed E-state index contributed by atoms with van der Waals surface area (Å²) in [5.41, 5.74) is 11.9. The molecule has 0 saturated heterocycles. The molecular weight excluding hydrogens is 524 g/mol. The van der Waals surface area contributed by atoms with Gasteiger partial charge in [-0.15, -0.1) is 0 Å². The largest absolute Gasteiger partial charge is 0.507 e. The number of hydrogen-bond donors (Lipinski definition) is 2. The first-order valence-corrected chi connectivity index (χ1v) is 14.7. The number of phenols is 2. The number of phenolic OH excluding ortho intramolecular Hbond substituents is 2. The highest BCUT2D eigenvalue weighted by molar-refractivity contribution is 5.77. The van der Waals surface area contributed by atoms with Gasteiger partial charge >= 0.3 is 0 Å². The monoisotopic (exact) mass is 560 g/mol. The molecule has 2 nitrogen and oxygen atoms in total. The zero-order chi connectivity index (χ0) is 30.1. The highest BCUT2D eigenvalue weighted by Gasteiger charge is 2.41.